The molecule has 0 aliphatic rings. The smallest absolute Gasteiger partial charge is 0.264 e. The van der Waals surface area contributed by atoms with Crippen LogP contribution in [0.3, 0.4) is 0 Å². The van der Waals surface area contributed by atoms with Crippen molar-refractivity contribution in [3.8, 4) is 5.75 Å². The molecule has 0 unspecified atom stereocenters. The lowest BCUT2D eigenvalue weighted by molar-refractivity contribution is -0.114. The van der Waals surface area contributed by atoms with E-state index in [4.69, 9.17) is 16.3 Å². The average molecular weight is 581 g/mol. The molecule has 0 spiro atoms. The summed E-state index contributed by atoms with van der Waals surface area (Å²) in [7, 11) is -4.08. The SMILES string of the molecule is CCOc1ccccc1N(CC(=O)Nc1ccccc1SCc1ccc(Cl)cc1)S(=O)(=O)c1ccc(C)cc1. The number of halogens is 1. The lowest BCUT2D eigenvalue weighted by atomic mass is 10.2. The van der Waals surface area contributed by atoms with E-state index in [1.165, 1.54) is 0 Å². The van der Waals surface area contributed by atoms with Gasteiger partial charge in [-0.1, -0.05) is 65.7 Å². The third-order valence-electron chi connectivity index (χ3n) is 5.80. The van der Waals surface area contributed by atoms with Crippen LogP contribution in [0, 0.1) is 6.92 Å². The van der Waals surface area contributed by atoms with E-state index in [0.717, 1.165) is 20.3 Å². The van der Waals surface area contributed by atoms with Gasteiger partial charge in [-0.3, -0.25) is 9.10 Å². The van der Waals surface area contributed by atoms with E-state index in [-0.39, 0.29) is 4.90 Å². The molecule has 4 aromatic carbocycles. The molecule has 4 rings (SSSR count). The highest BCUT2D eigenvalue weighted by atomic mass is 35.5. The van der Waals surface area contributed by atoms with Crippen LogP contribution in [0.2, 0.25) is 5.02 Å². The third kappa shape index (κ3) is 7.35. The first-order valence-corrected chi connectivity index (χ1v) is 15.2. The van der Waals surface area contributed by atoms with Crippen molar-refractivity contribution in [2.45, 2.75) is 29.4 Å². The Morgan fingerprint density at radius 1 is 0.923 bits per heavy atom. The second kappa shape index (κ2) is 13.1. The fourth-order valence-electron chi connectivity index (χ4n) is 3.84. The van der Waals surface area contributed by atoms with Gasteiger partial charge in [-0.15, -0.1) is 11.8 Å². The van der Waals surface area contributed by atoms with E-state index >= 15 is 0 Å². The largest absolute Gasteiger partial charge is 0.492 e. The molecule has 39 heavy (non-hydrogen) atoms. The minimum Gasteiger partial charge on any atom is -0.492 e. The zero-order valence-electron chi connectivity index (χ0n) is 21.6. The fourth-order valence-corrected chi connectivity index (χ4v) is 6.36. The summed E-state index contributed by atoms with van der Waals surface area (Å²) in [5.41, 5.74) is 2.92. The van der Waals surface area contributed by atoms with Crippen LogP contribution in [0.15, 0.2) is 107 Å². The second-order valence-electron chi connectivity index (χ2n) is 8.68. The number of anilines is 2. The number of aryl methyl sites for hydroxylation is 1. The van der Waals surface area contributed by atoms with Crippen LogP contribution in [0.5, 0.6) is 5.75 Å². The maximum Gasteiger partial charge on any atom is 0.264 e. The average Bonchev–Trinajstić information content (AvgIpc) is 2.93. The molecular formula is C30H29ClN2O4S2. The first-order valence-electron chi connectivity index (χ1n) is 12.4. The van der Waals surface area contributed by atoms with Crippen molar-refractivity contribution in [2.75, 3.05) is 22.8 Å². The number of thioether (sulfide) groups is 1. The summed E-state index contributed by atoms with van der Waals surface area (Å²) in [6.45, 7) is 3.62. The standard InChI is InChI=1S/C30H29ClN2O4S2/c1-3-37-28-10-6-5-9-27(28)33(39(35,36)25-18-12-22(2)13-19-25)20-30(34)32-26-8-4-7-11-29(26)38-21-23-14-16-24(31)17-15-23/h4-19H,3,20-21H2,1-2H3,(H,32,34). The lowest BCUT2D eigenvalue weighted by Gasteiger charge is -2.26. The summed E-state index contributed by atoms with van der Waals surface area (Å²) in [4.78, 5) is 14.3. The van der Waals surface area contributed by atoms with Gasteiger partial charge in [0.15, 0.2) is 0 Å². The highest BCUT2D eigenvalue weighted by Gasteiger charge is 2.29. The van der Waals surface area contributed by atoms with Crippen LogP contribution in [0.4, 0.5) is 11.4 Å². The molecule has 0 saturated heterocycles. The minimum absolute atomic E-state index is 0.0890. The van der Waals surface area contributed by atoms with Crippen molar-refractivity contribution in [1.82, 2.24) is 0 Å². The molecule has 202 valence electrons. The van der Waals surface area contributed by atoms with E-state index in [1.54, 1.807) is 66.4 Å². The molecule has 0 atom stereocenters. The summed E-state index contributed by atoms with van der Waals surface area (Å²) in [5, 5.41) is 3.59. The van der Waals surface area contributed by atoms with Crippen LogP contribution >= 0.6 is 23.4 Å². The predicted octanol–water partition coefficient (Wildman–Crippen LogP) is 7.17. The summed E-state index contributed by atoms with van der Waals surface area (Å²) < 4.78 is 34.4. The summed E-state index contributed by atoms with van der Waals surface area (Å²) in [6.07, 6.45) is 0. The zero-order chi connectivity index (χ0) is 27.8. The molecule has 1 N–H and O–H groups in total. The molecular weight excluding hydrogens is 552 g/mol. The van der Waals surface area contributed by atoms with Crippen LogP contribution in [-0.4, -0.2) is 27.5 Å². The maximum atomic E-state index is 13.8. The summed E-state index contributed by atoms with van der Waals surface area (Å²) >= 11 is 7.56. The van der Waals surface area contributed by atoms with Gasteiger partial charge in [-0.2, -0.15) is 0 Å². The molecule has 1 amide bonds. The quantitative estimate of drug-likeness (QED) is 0.190. The van der Waals surface area contributed by atoms with Crippen LogP contribution in [-0.2, 0) is 20.6 Å². The number of hydrogen-bond acceptors (Lipinski definition) is 5. The number of hydrogen-bond donors (Lipinski definition) is 1. The van der Waals surface area contributed by atoms with Crippen LogP contribution in [0.1, 0.15) is 18.1 Å². The number of benzene rings is 4. The highest BCUT2D eigenvalue weighted by molar-refractivity contribution is 7.98. The number of ether oxygens (including phenoxy) is 1. The van der Waals surface area contributed by atoms with E-state index in [0.29, 0.717) is 34.5 Å². The minimum atomic E-state index is -4.08. The Bertz CT molecular complexity index is 1530. The van der Waals surface area contributed by atoms with Crippen molar-refractivity contribution in [2.24, 2.45) is 0 Å². The molecule has 0 heterocycles. The number of amides is 1. The number of nitrogens with one attached hydrogen (secondary N) is 1. The zero-order valence-corrected chi connectivity index (χ0v) is 24.0. The molecule has 0 aliphatic carbocycles. The topological polar surface area (TPSA) is 75.7 Å². The van der Waals surface area contributed by atoms with Gasteiger partial charge in [0, 0.05) is 15.7 Å². The van der Waals surface area contributed by atoms with Gasteiger partial charge in [-0.05, 0) is 67.9 Å². The van der Waals surface area contributed by atoms with Crippen molar-refractivity contribution >= 4 is 50.7 Å². The monoisotopic (exact) mass is 580 g/mol. The Hall–Kier alpha value is -3.46. The summed E-state index contributed by atoms with van der Waals surface area (Å²) in [5.74, 6) is 0.582. The first kappa shape index (κ1) is 28.5. The molecule has 0 aromatic heterocycles. The number of sulfonamides is 1. The van der Waals surface area contributed by atoms with Gasteiger partial charge in [0.05, 0.1) is 22.9 Å². The normalized spacial score (nSPS) is 11.2. The maximum absolute atomic E-state index is 13.8. The van der Waals surface area contributed by atoms with Crippen molar-refractivity contribution in [1.29, 1.82) is 0 Å². The Morgan fingerprint density at radius 3 is 2.31 bits per heavy atom. The Balaban J connectivity index is 1.60. The number of para-hydroxylation sites is 3. The molecule has 6 nitrogen and oxygen atoms in total. The van der Waals surface area contributed by atoms with E-state index in [2.05, 4.69) is 5.32 Å². The van der Waals surface area contributed by atoms with Gasteiger partial charge in [0.2, 0.25) is 5.91 Å². The lowest BCUT2D eigenvalue weighted by Crippen LogP contribution is -2.38. The number of nitrogens with zero attached hydrogens (tertiary/aromatic N) is 1. The third-order valence-corrected chi connectivity index (χ3v) is 8.97. The molecule has 0 bridgehead atoms. The Morgan fingerprint density at radius 2 is 1.59 bits per heavy atom. The number of carbonyl (C=O) groups excluding carboxylic acids is 1. The Kier molecular flexibility index (Phi) is 9.56. The van der Waals surface area contributed by atoms with Crippen LogP contribution < -0.4 is 14.4 Å². The Labute approximate surface area is 239 Å². The predicted molar refractivity (Wildman–Crippen MR) is 159 cm³/mol. The van der Waals surface area contributed by atoms with E-state index in [1.807, 2.05) is 56.3 Å². The van der Waals surface area contributed by atoms with Crippen molar-refractivity contribution < 1.29 is 17.9 Å². The fraction of sp³-hybridized carbons (Fsp3) is 0.167. The van der Waals surface area contributed by atoms with Gasteiger partial charge in [-0.25, -0.2) is 8.42 Å². The molecule has 0 fully saturated rings. The molecule has 0 saturated carbocycles. The van der Waals surface area contributed by atoms with E-state index in [9.17, 15) is 13.2 Å². The number of carbonyl (C=O) groups is 1. The molecule has 9 heteroatoms. The van der Waals surface area contributed by atoms with Gasteiger partial charge in [0.1, 0.15) is 12.3 Å². The molecule has 0 radical (unpaired) electrons. The van der Waals surface area contributed by atoms with Gasteiger partial charge >= 0.3 is 0 Å². The van der Waals surface area contributed by atoms with Crippen LogP contribution in [0.25, 0.3) is 0 Å². The first-order chi connectivity index (χ1) is 18.8. The van der Waals surface area contributed by atoms with Crippen molar-refractivity contribution in [3.63, 3.8) is 0 Å². The van der Waals surface area contributed by atoms with Gasteiger partial charge in [0.25, 0.3) is 10.0 Å². The summed E-state index contributed by atoms with van der Waals surface area (Å²) in [6, 6.07) is 28.4. The van der Waals surface area contributed by atoms with Crippen molar-refractivity contribution in [3.05, 3.63) is 113 Å². The molecule has 0 aliphatic heterocycles. The number of rotatable bonds is 11. The second-order valence-corrected chi connectivity index (χ2v) is 12.0. The molecule has 4 aromatic rings. The highest BCUT2D eigenvalue weighted by Crippen LogP contribution is 2.34. The van der Waals surface area contributed by atoms with E-state index < -0.39 is 22.5 Å². The van der Waals surface area contributed by atoms with Gasteiger partial charge < -0.3 is 10.1 Å².